The second-order valence-electron chi connectivity index (χ2n) is 14.5. The number of ether oxygens (including phenoxy) is 2. The van der Waals surface area contributed by atoms with E-state index < -0.39 is 51.1 Å². The highest BCUT2D eigenvalue weighted by molar-refractivity contribution is 7.47. The lowest BCUT2D eigenvalue weighted by Crippen LogP contribution is -2.34. The van der Waals surface area contributed by atoms with Gasteiger partial charge in [0.1, 0.15) is 12.6 Å². The normalized spacial score (nSPS) is 14.2. The molecule has 3 atom stereocenters. The van der Waals surface area contributed by atoms with E-state index in [0.717, 1.165) is 57.8 Å². The second-order valence-corrected chi connectivity index (χ2v) is 15.9. The predicted octanol–water partition coefficient (Wildman–Crippen LogP) is 11.4. The van der Waals surface area contributed by atoms with E-state index in [-0.39, 0.29) is 19.4 Å². The van der Waals surface area contributed by atoms with Gasteiger partial charge < -0.3 is 25.2 Å². The van der Waals surface area contributed by atoms with Gasteiger partial charge >= 0.3 is 25.7 Å². The van der Waals surface area contributed by atoms with Gasteiger partial charge in [0.15, 0.2) is 6.10 Å². The van der Waals surface area contributed by atoms with Gasteiger partial charge in [0, 0.05) is 12.8 Å². The third-order valence-electron chi connectivity index (χ3n) is 9.09. The summed E-state index contributed by atoms with van der Waals surface area (Å²) in [6, 6.07) is -1.53. The van der Waals surface area contributed by atoms with Gasteiger partial charge in [-0.15, -0.1) is 0 Å². The Morgan fingerprint density at radius 2 is 1.00 bits per heavy atom. The number of phosphoric acid groups is 1. The van der Waals surface area contributed by atoms with Crippen LogP contribution in [-0.4, -0.2) is 59.9 Å². The summed E-state index contributed by atoms with van der Waals surface area (Å²) in [5, 5.41) is 8.88. The molecule has 0 aromatic carbocycles. The van der Waals surface area contributed by atoms with Crippen molar-refractivity contribution in [3.63, 3.8) is 0 Å². The highest BCUT2D eigenvalue weighted by atomic mass is 31.2. The van der Waals surface area contributed by atoms with Gasteiger partial charge in [-0.25, -0.2) is 4.57 Å². The second kappa shape index (κ2) is 39.3. The van der Waals surface area contributed by atoms with E-state index >= 15 is 0 Å². The zero-order valence-electron chi connectivity index (χ0n) is 35.0. The van der Waals surface area contributed by atoms with Crippen LogP contribution in [0.1, 0.15) is 181 Å². The molecule has 0 aromatic rings. The number of nitrogens with two attached hydrogens (primary N) is 1. The van der Waals surface area contributed by atoms with Crippen molar-refractivity contribution in [3.05, 3.63) is 48.6 Å². The maximum absolute atomic E-state index is 12.6. The molecule has 0 heterocycles. The first kappa shape index (κ1) is 53.4. The summed E-state index contributed by atoms with van der Waals surface area (Å²) < 4.78 is 32.6. The molecule has 0 aliphatic rings. The van der Waals surface area contributed by atoms with Crippen LogP contribution in [0.5, 0.6) is 0 Å². The molecule has 0 rings (SSSR count). The summed E-state index contributed by atoms with van der Waals surface area (Å²) in [6.07, 6.45) is 43.2. The molecule has 0 saturated carbocycles. The Hall–Kier alpha value is -2.56. The molecule has 324 valence electrons. The summed E-state index contributed by atoms with van der Waals surface area (Å²) in [7, 11) is -4.72. The molecule has 12 heteroatoms. The Bertz CT molecular complexity index is 1140. The third kappa shape index (κ3) is 38.3. The van der Waals surface area contributed by atoms with Crippen molar-refractivity contribution in [3.8, 4) is 0 Å². The minimum atomic E-state index is -4.72. The average molecular weight is 812 g/mol. The van der Waals surface area contributed by atoms with Gasteiger partial charge in [0.2, 0.25) is 0 Å². The van der Waals surface area contributed by atoms with Crippen molar-refractivity contribution in [1.29, 1.82) is 0 Å². The number of carboxylic acids is 1. The zero-order chi connectivity index (χ0) is 41.4. The van der Waals surface area contributed by atoms with Crippen LogP contribution >= 0.6 is 7.82 Å². The number of aliphatic carboxylic acids is 1. The Morgan fingerprint density at radius 3 is 1.50 bits per heavy atom. The quantitative estimate of drug-likeness (QED) is 0.0233. The highest BCUT2D eigenvalue weighted by Gasteiger charge is 2.28. The van der Waals surface area contributed by atoms with E-state index in [4.69, 9.17) is 24.8 Å². The molecule has 0 bridgehead atoms. The first-order chi connectivity index (χ1) is 27.1. The number of carbonyl (C=O) groups excluding carboxylic acids is 2. The minimum Gasteiger partial charge on any atom is -0.480 e. The van der Waals surface area contributed by atoms with Crippen LogP contribution < -0.4 is 5.73 Å². The van der Waals surface area contributed by atoms with Crippen LogP contribution in [0.3, 0.4) is 0 Å². The van der Waals surface area contributed by atoms with Crippen molar-refractivity contribution >= 4 is 25.7 Å². The van der Waals surface area contributed by atoms with Crippen molar-refractivity contribution in [1.82, 2.24) is 0 Å². The first-order valence-electron chi connectivity index (χ1n) is 21.7. The van der Waals surface area contributed by atoms with Crippen LogP contribution in [-0.2, 0) is 37.5 Å². The van der Waals surface area contributed by atoms with Gasteiger partial charge in [-0.1, -0.05) is 165 Å². The smallest absolute Gasteiger partial charge is 0.472 e. The molecule has 0 aliphatic heterocycles. The van der Waals surface area contributed by atoms with E-state index in [1.54, 1.807) is 0 Å². The lowest BCUT2D eigenvalue weighted by Gasteiger charge is -2.20. The molecule has 0 amide bonds. The van der Waals surface area contributed by atoms with Gasteiger partial charge in [-0.2, -0.15) is 0 Å². The molecule has 0 aromatic heterocycles. The van der Waals surface area contributed by atoms with E-state index in [9.17, 15) is 23.8 Å². The molecule has 0 radical (unpaired) electrons. The SMILES string of the molecule is CC/C=C/C/C=C/C/C=C/C/C=C/CCCCC(=O)OC[C@H](COP(=O)(O)OC[C@H](N)C(=O)O)OC(=O)CCCCCCCCCCCCCCCCCCC. The fourth-order valence-electron chi connectivity index (χ4n) is 5.70. The average Bonchev–Trinajstić information content (AvgIpc) is 3.17. The van der Waals surface area contributed by atoms with Crippen molar-refractivity contribution in [2.24, 2.45) is 5.73 Å². The highest BCUT2D eigenvalue weighted by Crippen LogP contribution is 2.43. The molecule has 11 nitrogen and oxygen atoms in total. The van der Waals surface area contributed by atoms with Gasteiger partial charge in [-0.3, -0.25) is 23.4 Å². The Morgan fingerprint density at radius 1 is 0.571 bits per heavy atom. The number of hydrogen-bond donors (Lipinski definition) is 3. The molecular formula is C44H78NO10P. The topological polar surface area (TPSA) is 172 Å². The summed E-state index contributed by atoms with van der Waals surface area (Å²) in [4.78, 5) is 45.9. The number of carboxylic acid groups (broad SMARTS) is 1. The monoisotopic (exact) mass is 812 g/mol. The third-order valence-corrected chi connectivity index (χ3v) is 10.0. The zero-order valence-corrected chi connectivity index (χ0v) is 35.9. The number of carbonyl (C=O) groups is 3. The number of allylic oxidation sites excluding steroid dienone is 8. The largest absolute Gasteiger partial charge is 0.480 e. The lowest BCUT2D eigenvalue weighted by molar-refractivity contribution is -0.161. The van der Waals surface area contributed by atoms with Crippen LogP contribution in [0.4, 0.5) is 0 Å². The standard InChI is InChI=1S/C44H78NO10P/c1-3-5-7-9-11-13-15-17-19-20-22-24-26-28-30-32-34-36-43(47)55-40(38-53-56(50,51)54-39-41(45)44(48)49)37-52-42(46)35-33-31-29-27-25-23-21-18-16-14-12-10-8-6-4-2/h6,8,12,14,18,21,25,27,40-41H,3-5,7,9-11,13,15-17,19-20,22-24,26,28-39,45H2,1-2H3,(H,48,49)(H,50,51)/b8-6+,14-12+,21-18+,27-25+/t40-,41+/m1/s1. The Balaban J connectivity index is 4.41. The van der Waals surface area contributed by atoms with Gasteiger partial charge in [0.25, 0.3) is 0 Å². The molecule has 1 unspecified atom stereocenters. The number of rotatable bonds is 40. The minimum absolute atomic E-state index is 0.154. The van der Waals surface area contributed by atoms with Crippen LogP contribution in [0, 0.1) is 0 Å². The fraction of sp³-hybridized carbons (Fsp3) is 0.750. The summed E-state index contributed by atoms with van der Waals surface area (Å²) in [6.45, 7) is 2.65. The summed E-state index contributed by atoms with van der Waals surface area (Å²) in [5.74, 6) is -2.43. The molecular weight excluding hydrogens is 733 g/mol. The number of hydrogen-bond acceptors (Lipinski definition) is 9. The van der Waals surface area contributed by atoms with Crippen molar-refractivity contribution < 1.29 is 47.5 Å². The first-order valence-corrected chi connectivity index (χ1v) is 23.2. The molecule has 4 N–H and O–H groups in total. The molecule has 0 spiro atoms. The van der Waals surface area contributed by atoms with Crippen LogP contribution in [0.2, 0.25) is 0 Å². The van der Waals surface area contributed by atoms with E-state index in [2.05, 4.69) is 67.0 Å². The molecule has 56 heavy (non-hydrogen) atoms. The molecule has 0 fully saturated rings. The fourth-order valence-corrected chi connectivity index (χ4v) is 6.48. The summed E-state index contributed by atoms with van der Waals surface area (Å²) >= 11 is 0. The lowest BCUT2D eigenvalue weighted by atomic mass is 10.0. The number of esters is 2. The van der Waals surface area contributed by atoms with E-state index in [1.165, 1.54) is 83.5 Å². The molecule has 0 aliphatic carbocycles. The maximum atomic E-state index is 12.6. The number of unbranched alkanes of at least 4 members (excludes halogenated alkanes) is 18. The van der Waals surface area contributed by atoms with Gasteiger partial charge in [0.05, 0.1) is 13.2 Å². The Kier molecular flexibility index (Phi) is 37.5. The van der Waals surface area contributed by atoms with Gasteiger partial charge in [-0.05, 0) is 51.4 Å². The summed E-state index contributed by atoms with van der Waals surface area (Å²) in [5.41, 5.74) is 5.33. The predicted molar refractivity (Wildman–Crippen MR) is 226 cm³/mol. The van der Waals surface area contributed by atoms with Crippen LogP contribution in [0.15, 0.2) is 48.6 Å². The Labute approximate surface area is 339 Å². The van der Waals surface area contributed by atoms with Crippen molar-refractivity contribution in [2.45, 2.75) is 193 Å². The maximum Gasteiger partial charge on any atom is 0.472 e. The van der Waals surface area contributed by atoms with E-state index in [0.29, 0.717) is 12.8 Å². The van der Waals surface area contributed by atoms with E-state index in [1.807, 2.05) is 0 Å². The van der Waals surface area contributed by atoms with Crippen LogP contribution in [0.25, 0.3) is 0 Å². The molecule has 0 saturated heterocycles. The van der Waals surface area contributed by atoms with Crippen molar-refractivity contribution in [2.75, 3.05) is 19.8 Å². The number of phosphoric ester groups is 1.